The zero-order valence-corrected chi connectivity index (χ0v) is 14.1. The molecule has 26 heavy (non-hydrogen) atoms. The summed E-state index contributed by atoms with van der Waals surface area (Å²) in [5.41, 5.74) is 0.848. The fraction of sp³-hybridized carbons (Fsp3) is 0.278. The van der Waals surface area contributed by atoms with Crippen molar-refractivity contribution in [1.82, 2.24) is 9.97 Å². The number of fused-ring (bicyclic) bond motifs is 1. The molecule has 2 aliphatic heterocycles. The van der Waals surface area contributed by atoms with Crippen LogP contribution in [0.25, 0.3) is 6.08 Å². The summed E-state index contributed by atoms with van der Waals surface area (Å²) in [4.78, 5) is 22.6. The highest BCUT2D eigenvalue weighted by Crippen LogP contribution is 2.32. The van der Waals surface area contributed by atoms with Crippen molar-refractivity contribution in [3.63, 3.8) is 0 Å². The van der Waals surface area contributed by atoms with Crippen LogP contribution in [-0.2, 0) is 9.53 Å². The molecule has 2 aliphatic rings. The number of nitrogens with zero attached hydrogens (tertiary/aromatic N) is 3. The van der Waals surface area contributed by atoms with Crippen molar-refractivity contribution >= 4 is 23.6 Å². The van der Waals surface area contributed by atoms with Crippen LogP contribution in [0.2, 0.25) is 0 Å². The molecule has 1 fully saturated rings. The van der Waals surface area contributed by atoms with Gasteiger partial charge in [-0.1, -0.05) is 6.07 Å². The Morgan fingerprint density at radius 3 is 2.85 bits per heavy atom. The summed E-state index contributed by atoms with van der Waals surface area (Å²) in [6.07, 6.45) is 4.61. The standard InChI is InChI=1S/C18H18N4O4/c23-18(4-2-13-1-3-14-15(9-13)26-12-25-14)21-16-10-17(20-11-19-16)22-5-7-24-8-6-22/h1-4,9-11H,5-8,12H2,(H,19,20,21,23)/b4-2+. The maximum atomic E-state index is 12.2. The lowest BCUT2D eigenvalue weighted by molar-refractivity contribution is -0.111. The predicted octanol–water partition coefficient (Wildman–Crippen LogP) is 1.69. The van der Waals surface area contributed by atoms with E-state index in [1.165, 1.54) is 12.4 Å². The molecule has 2 aromatic rings. The Morgan fingerprint density at radius 2 is 1.96 bits per heavy atom. The van der Waals surface area contributed by atoms with Crippen LogP contribution in [0.5, 0.6) is 11.5 Å². The van der Waals surface area contributed by atoms with E-state index in [2.05, 4.69) is 20.2 Å². The first-order valence-corrected chi connectivity index (χ1v) is 8.31. The summed E-state index contributed by atoms with van der Waals surface area (Å²) in [6.45, 7) is 3.11. The number of nitrogens with one attached hydrogen (secondary N) is 1. The Balaban J connectivity index is 1.40. The quantitative estimate of drug-likeness (QED) is 0.836. The van der Waals surface area contributed by atoms with E-state index in [9.17, 15) is 4.79 Å². The Bertz CT molecular complexity index is 834. The highest BCUT2D eigenvalue weighted by molar-refractivity contribution is 6.01. The summed E-state index contributed by atoms with van der Waals surface area (Å²) in [5, 5.41) is 2.75. The van der Waals surface area contributed by atoms with E-state index in [0.29, 0.717) is 30.5 Å². The summed E-state index contributed by atoms with van der Waals surface area (Å²) in [6, 6.07) is 7.27. The molecule has 8 heteroatoms. The maximum Gasteiger partial charge on any atom is 0.249 e. The van der Waals surface area contributed by atoms with E-state index in [1.807, 2.05) is 18.2 Å². The number of hydrogen-bond donors (Lipinski definition) is 1. The average molecular weight is 354 g/mol. The van der Waals surface area contributed by atoms with Gasteiger partial charge in [0.25, 0.3) is 0 Å². The van der Waals surface area contributed by atoms with Gasteiger partial charge in [0.05, 0.1) is 13.2 Å². The summed E-state index contributed by atoms with van der Waals surface area (Å²) < 4.78 is 15.9. The normalized spacial score (nSPS) is 16.1. The zero-order chi connectivity index (χ0) is 17.8. The lowest BCUT2D eigenvalue weighted by Gasteiger charge is -2.27. The Morgan fingerprint density at radius 1 is 1.12 bits per heavy atom. The highest BCUT2D eigenvalue weighted by atomic mass is 16.7. The fourth-order valence-corrected chi connectivity index (χ4v) is 2.74. The second kappa shape index (κ2) is 7.40. The largest absolute Gasteiger partial charge is 0.454 e. The van der Waals surface area contributed by atoms with Gasteiger partial charge < -0.3 is 24.4 Å². The molecule has 1 aromatic carbocycles. The molecule has 0 saturated carbocycles. The van der Waals surface area contributed by atoms with Crippen molar-refractivity contribution in [3.05, 3.63) is 42.2 Å². The van der Waals surface area contributed by atoms with Crippen molar-refractivity contribution in [2.24, 2.45) is 0 Å². The molecule has 0 unspecified atom stereocenters. The lowest BCUT2D eigenvalue weighted by atomic mass is 10.2. The van der Waals surface area contributed by atoms with E-state index in [1.54, 1.807) is 12.1 Å². The summed E-state index contributed by atoms with van der Waals surface area (Å²) >= 11 is 0. The molecule has 0 spiro atoms. The number of amides is 1. The lowest BCUT2D eigenvalue weighted by Crippen LogP contribution is -2.36. The van der Waals surface area contributed by atoms with Gasteiger partial charge in [0, 0.05) is 25.2 Å². The van der Waals surface area contributed by atoms with Crippen molar-refractivity contribution in [2.45, 2.75) is 0 Å². The molecular formula is C18H18N4O4. The van der Waals surface area contributed by atoms with E-state index < -0.39 is 0 Å². The topological polar surface area (TPSA) is 85.8 Å². The molecule has 8 nitrogen and oxygen atoms in total. The van der Waals surface area contributed by atoms with Gasteiger partial charge in [0.2, 0.25) is 12.7 Å². The van der Waals surface area contributed by atoms with Crippen molar-refractivity contribution in [3.8, 4) is 11.5 Å². The molecule has 0 bridgehead atoms. The number of ether oxygens (including phenoxy) is 3. The SMILES string of the molecule is O=C(/C=C/c1ccc2c(c1)OCO2)Nc1cc(N2CCOCC2)ncn1. The van der Waals surface area contributed by atoms with Crippen molar-refractivity contribution in [1.29, 1.82) is 0 Å². The third-order valence-electron chi connectivity index (χ3n) is 4.06. The van der Waals surface area contributed by atoms with Crippen molar-refractivity contribution < 1.29 is 19.0 Å². The Kier molecular flexibility index (Phi) is 4.65. The summed E-state index contributed by atoms with van der Waals surface area (Å²) in [7, 11) is 0. The van der Waals surface area contributed by atoms with Gasteiger partial charge in [-0.15, -0.1) is 0 Å². The fourth-order valence-electron chi connectivity index (χ4n) is 2.74. The second-order valence-corrected chi connectivity index (χ2v) is 5.80. The number of benzene rings is 1. The monoisotopic (exact) mass is 354 g/mol. The minimum atomic E-state index is -0.269. The third-order valence-corrected chi connectivity index (χ3v) is 4.06. The molecule has 4 rings (SSSR count). The van der Waals surface area contributed by atoms with Gasteiger partial charge >= 0.3 is 0 Å². The van der Waals surface area contributed by atoms with Gasteiger partial charge in [-0.3, -0.25) is 4.79 Å². The van der Waals surface area contributed by atoms with E-state index in [4.69, 9.17) is 14.2 Å². The van der Waals surface area contributed by atoms with Crippen LogP contribution < -0.4 is 19.7 Å². The maximum absolute atomic E-state index is 12.2. The van der Waals surface area contributed by atoms with Crippen LogP contribution in [0, 0.1) is 0 Å². The average Bonchev–Trinajstić information content (AvgIpc) is 3.15. The molecule has 1 saturated heterocycles. The minimum Gasteiger partial charge on any atom is -0.454 e. The molecule has 0 atom stereocenters. The molecular weight excluding hydrogens is 336 g/mol. The Labute approximate surface area is 150 Å². The van der Waals surface area contributed by atoms with Gasteiger partial charge in [-0.05, 0) is 23.8 Å². The van der Waals surface area contributed by atoms with E-state index in [-0.39, 0.29) is 12.7 Å². The number of carbonyl (C=O) groups excluding carboxylic acids is 1. The number of aromatic nitrogens is 2. The Hall–Kier alpha value is -3.13. The van der Waals surface area contributed by atoms with Gasteiger partial charge in [-0.25, -0.2) is 9.97 Å². The van der Waals surface area contributed by atoms with Gasteiger partial charge in [0.1, 0.15) is 18.0 Å². The van der Waals surface area contributed by atoms with Crippen LogP contribution in [0.1, 0.15) is 5.56 Å². The van der Waals surface area contributed by atoms with Crippen LogP contribution >= 0.6 is 0 Å². The predicted molar refractivity (Wildman–Crippen MR) is 95.3 cm³/mol. The first kappa shape index (κ1) is 16.3. The number of anilines is 2. The number of carbonyl (C=O) groups is 1. The molecule has 1 aromatic heterocycles. The molecule has 1 N–H and O–H groups in total. The molecule has 0 radical (unpaired) electrons. The first-order valence-electron chi connectivity index (χ1n) is 8.31. The van der Waals surface area contributed by atoms with Crippen LogP contribution in [0.15, 0.2) is 36.7 Å². The smallest absolute Gasteiger partial charge is 0.249 e. The van der Waals surface area contributed by atoms with E-state index >= 15 is 0 Å². The van der Waals surface area contributed by atoms with Crippen LogP contribution in [-0.4, -0.2) is 49.0 Å². The van der Waals surface area contributed by atoms with Crippen LogP contribution in [0.3, 0.4) is 0 Å². The van der Waals surface area contributed by atoms with Gasteiger partial charge in [-0.2, -0.15) is 0 Å². The third kappa shape index (κ3) is 3.75. The number of rotatable bonds is 4. The second-order valence-electron chi connectivity index (χ2n) is 5.80. The minimum absolute atomic E-state index is 0.224. The van der Waals surface area contributed by atoms with E-state index in [0.717, 1.165) is 24.5 Å². The van der Waals surface area contributed by atoms with Crippen LogP contribution in [0.4, 0.5) is 11.6 Å². The molecule has 134 valence electrons. The summed E-state index contributed by atoms with van der Waals surface area (Å²) in [5.74, 6) is 2.36. The van der Waals surface area contributed by atoms with Gasteiger partial charge in [0.15, 0.2) is 11.5 Å². The molecule has 0 aliphatic carbocycles. The number of morpholine rings is 1. The highest BCUT2D eigenvalue weighted by Gasteiger charge is 2.14. The molecule has 1 amide bonds. The zero-order valence-electron chi connectivity index (χ0n) is 14.1. The number of hydrogen-bond acceptors (Lipinski definition) is 7. The van der Waals surface area contributed by atoms with Crippen molar-refractivity contribution in [2.75, 3.05) is 43.3 Å². The molecule has 3 heterocycles. The first-order chi connectivity index (χ1) is 12.8.